The highest BCUT2D eigenvalue weighted by molar-refractivity contribution is 5.85. The maximum atomic E-state index is 13.8. The molecular formula is C33H39FO3. The molecule has 0 unspecified atom stereocenters. The lowest BCUT2D eigenvalue weighted by Crippen LogP contribution is -2.45. The summed E-state index contributed by atoms with van der Waals surface area (Å²) in [5.74, 6) is -0.0939. The van der Waals surface area contributed by atoms with Crippen LogP contribution in [0.3, 0.4) is 0 Å². The van der Waals surface area contributed by atoms with Crippen molar-refractivity contribution < 1.29 is 19.0 Å². The second-order valence-corrected chi connectivity index (χ2v) is 11.1. The number of hydrogen-bond acceptors (Lipinski definition) is 3. The second-order valence-electron chi connectivity index (χ2n) is 11.1. The van der Waals surface area contributed by atoms with Gasteiger partial charge in [0, 0.05) is 0 Å². The molecule has 1 aliphatic carbocycles. The number of carbonyl (C=O) groups is 1. The molecule has 0 aromatic heterocycles. The van der Waals surface area contributed by atoms with Crippen molar-refractivity contribution in [1.29, 1.82) is 0 Å². The number of aliphatic hydroxyl groups is 1. The molecule has 1 N–H and O–H groups in total. The standard InChI is InChI=1S/C33H39FO3/c1-24-16-19-29(32(2,3)26-12-6-4-7-13-26)23-30(24)37-31(35)33(36,27-14-8-5-9-15-27)28-20-17-25(18-21-28)11-10-22-34/h4-9,12-15,17-18,20-21,24,29-30,36H,10-11,16,19,22-23H2,1-3H3/t24-,29-,30+,33+/m1/s1. The summed E-state index contributed by atoms with van der Waals surface area (Å²) in [7, 11) is 0. The number of esters is 1. The van der Waals surface area contributed by atoms with Crippen LogP contribution in [0.2, 0.25) is 0 Å². The summed E-state index contributed by atoms with van der Waals surface area (Å²) in [6.07, 6.45) is 3.56. The minimum absolute atomic E-state index is 0.0583. The van der Waals surface area contributed by atoms with E-state index in [1.54, 1.807) is 24.3 Å². The van der Waals surface area contributed by atoms with Crippen molar-refractivity contribution in [1.82, 2.24) is 0 Å². The van der Waals surface area contributed by atoms with Gasteiger partial charge in [0.05, 0.1) is 6.67 Å². The molecule has 0 spiro atoms. The normalized spacial score (nSPS) is 21.7. The average Bonchev–Trinajstić information content (AvgIpc) is 2.93. The molecule has 3 aromatic carbocycles. The molecule has 1 saturated carbocycles. The van der Waals surface area contributed by atoms with Gasteiger partial charge in [-0.05, 0) is 71.6 Å². The van der Waals surface area contributed by atoms with E-state index in [-0.39, 0.29) is 24.1 Å². The molecule has 0 amide bonds. The molecule has 0 aliphatic heterocycles. The number of halogens is 1. The second kappa shape index (κ2) is 11.6. The van der Waals surface area contributed by atoms with Crippen LogP contribution in [-0.4, -0.2) is 23.9 Å². The van der Waals surface area contributed by atoms with Crippen LogP contribution in [0.25, 0.3) is 0 Å². The van der Waals surface area contributed by atoms with Crippen LogP contribution < -0.4 is 0 Å². The monoisotopic (exact) mass is 502 g/mol. The van der Waals surface area contributed by atoms with Gasteiger partial charge >= 0.3 is 5.97 Å². The van der Waals surface area contributed by atoms with Crippen LogP contribution in [-0.2, 0) is 27.0 Å². The van der Waals surface area contributed by atoms with E-state index in [1.165, 1.54) is 5.56 Å². The van der Waals surface area contributed by atoms with Crippen molar-refractivity contribution in [3.63, 3.8) is 0 Å². The minimum Gasteiger partial charge on any atom is -0.459 e. The summed E-state index contributed by atoms with van der Waals surface area (Å²) in [6.45, 7) is 6.30. The Bertz CT molecular complexity index is 1140. The smallest absolute Gasteiger partial charge is 0.347 e. The Morgan fingerprint density at radius 2 is 1.46 bits per heavy atom. The number of alkyl halides is 1. The highest BCUT2D eigenvalue weighted by Gasteiger charge is 2.45. The molecule has 4 atom stereocenters. The summed E-state index contributed by atoms with van der Waals surface area (Å²) < 4.78 is 18.8. The SMILES string of the molecule is C[C@@H]1CC[C@@H](C(C)(C)c2ccccc2)C[C@@H]1OC(=O)[C@](O)(c1ccccc1)c1ccc(CCCF)cc1. The average molecular weight is 503 g/mol. The van der Waals surface area contributed by atoms with E-state index < -0.39 is 11.6 Å². The zero-order valence-electron chi connectivity index (χ0n) is 22.2. The van der Waals surface area contributed by atoms with Gasteiger partial charge in [-0.15, -0.1) is 0 Å². The van der Waals surface area contributed by atoms with Crippen LogP contribution in [0.1, 0.15) is 68.7 Å². The third kappa shape index (κ3) is 5.80. The highest BCUT2D eigenvalue weighted by atomic mass is 19.1. The summed E-state index contributed by atoms with van der Waals surface area (Å²) in [5, 5.41) is 12.0. The zero-order valence-corrected chi connectivity index (χ0v) is 22.2. The number of benzene rings is 3. The van der Waals surface area contributed by atoms with Crippen LogP contribution in [0, 0.1) is 11.8 Å². The molecule has 4 heteroatoms. The molecule has 0 bridgehead atoms. The Hall–Kier alpha value is -2.98. The predicted octanol–water partition coefficient (Wildman–Crippen LogP) is 7.15. The Labute approximate surface area is 220 Å². The predicted molar refractivity (Wildman–Crippen MR) is 146 cm³/mol. The van der Waals surface area contributed by atoms with Crippen molar-refractivity contribution >= 4 is 5.97 Å². The van der Waals surface area contributed by atoms with E-state index in [0.29, 0.717) is 29.9 Å². The first-order chi connectivity index (χ1) is 17.8. The lowest BCUT2D eigenvalue weighted by atomic mass is 9.65. The van der Waals surface area contributed by atoms with E-state index >= 15 is 0 Å². The molecule has 196 valence electrons. The number of rotatable bonds is 9. The molecule has 37 heavy (non-hydrogen) atoms. The fourth-order valence-electron chi connectivity index (χ4n) is 5.69. The molecular weight excluding hydrogens is 463 g/mol. The van der Waals surface area contributed by atoms with E-state index in [2.05, 4.69) is 45.0 Å². The summed E-state index contributed by atoms with van der Waals surface area (Å²) in [6, 6.07) is 26.7. The van der Waals surface area contributed by atoms with Crippen molar-refractivity contribution in [3.8, 4) is 0 Å². The Balaban J connectivity index is 1.59. The van der Waals surface area contributed by atoms with Crippen LogP contribution in [0.5, 0.6) is 0 Å². The van der Waals surface area contributed by atoms with Gasteiger partial charge in [0.2, 0.25) is 5.60 Å². The van der Waals surface area contributed by atoms with Crippen molar-refractivity contribution in [2.75, 3.05) is 6.67 Å². The van der Waals surface area contributed by atoms with Gasteiger partial charge in [-0.2, -0.15) is 0 Å². The van der Waals surface area contributed by atoms with Gasteiger partial charge in [0.15, 0.2) is 0 Å². The van der Waals surface area contributed by atoms with E-state index in [9.17, 15) is 14.3 Å². The van der Waals surface area contributed by atoms with E-state index in [1.807, 2.05) is 36.4 Å². The summed E-state index contributed by atoms with van der Waals surface area (Å²) >= 11 is 0. The van der Waals surface area contributed by atoms with Gasteiger partial charge in [-0.1, -0.05) is 106 Å². The minimum atomic E-state index is -1.93. The molecule has 3 nitrogen and oxygen atoms in total. The highest BCUT2D eigenvalue weighted by Crippen LogP contribution is 2.44. The number of aryl methyl sites for hydroxylation is 1. The molecule has 1 fully saturated rings. The third-order valence-corrected chi connectivity index (χ3v) is 8.38. The Morgan fingerprint density at radius 1 is 0.892 bits per heavy atom. The molecule has 1 aliphatic rings. The lowest BCUT2D eigenvalue weighted by molar-refractivity contribution is -0.173. The van der Waals surface area contributed by atoms with Gasteiger partial charge < -0.3 is 9.84 Å². The molecule has 4 rings (SSSR count). The molecule has 0 heterocycles. The summed E-state index contributed by atoms with van der Waals surface area (Å²) in [5.41, 5.74) is 1.20. The maximum absolute atomic E-state index is 13.8. The number of hydrogen-bond donors (Lipinski definition) is 1. The lowest BCUT2D eigenvalue weighted by Gasteiger charge is -2.43. The Morgan fingerprint density at radius 3 is 2.05 bits per heavy atom. The van der Waals surface area contributed by atoms with Crippen molar-refractivity contribution in [2.45, 2.75) is 70.0 Å². The first-order valence-electron chi connectivity index (χ1n) is 13.5. The van der Waals surface area contributed by atoms with Crippen molar-refractivity contribution in [3.05, 3.63) is 107 Å². The van der Waals surface area contributed by atoms with E-state index in [4.69, 9.17) is 4.74 Å². The quantitative estimate of drug-likeness (QED) is 0.316. The topological polar surface area (TPSA) is 46.5 Å². The van der Waals surface area contributed by atoms with E-state index in [0.717, 1.165) is 24.8 Å². The van der Waals surface area contributed by atoms with Crippen LogP contribution in [0.15, 0.2) is 84.9 Å². The number of ether oxygens (including phenoxy) is 1. The van der Waals surface area contributed by atoms with Crippen molar-refractivity contribution in [2.24, 2.45) is 11.8 Å². The fourth-order valence-corrected chi connectivity index (χ4v) is 5.69. The Kier molecular flexibility index (Phi) is 8.49. The molecule has 0 saturated heterocycles. The molecule has 0 radical (unpaired) electrons. The first-order valence-corrected chi connectivity index (χ1v) is 13.5. The van der Waals surface area contributed by atoms with Gasteiger partial charge in [0.25, 0.3) is 0 Å². The fraction of sp³-hybridized carbons (Fsp3) is 0.424. The molecule has 3 aromatic rings. The van der Waals surface area contributed by atoms with Crippen LogP contribution >= 0.6 is 0 Å². The van der Waals surface area contributed by atoms with Gasteiger partial charge in [-0.3, -0.25) is 4.39 Å². The largest absolute Gasteiger partial charge is 0.459 e. The third-order valence-electron chi connectivity index (χ3n) is 8.38. The maximum Gasteiger partial charge on any atom is 0.347 e. The van der Waals surface area contributed by atoms with Crippen LogP contribution in [0.4, 0.5) is 4.39 Å². The summed E-state index contributed by atoms with van der Waals surface area (Å²) in [4.78, 5) is 13.8. The zero-order chi connectivity index (χ0) is 26.5. The van der Waals surface area contributed by atoms with Gasteiger partial charge in [0.1, 0.15) is 6.10 Å². The van der Waals surface area contributed by atoms with Gasteiger partial charge in [-0.25, -0.2) is 4.79 Å². The number of carbonyl (C=O) groups excluding carboxylic acids is 1. The first kappa shape index (κ1) is 27.1.